The van der Waals surface area contributed by atoms with Crippen molar-refractivity contribution in [1.82, 2.24) is 20.0 Å². The van der Waals surface area contributed by atoms with Crippen LogP contribution >= 0.6 is 0 Å². The van der Waals surface area contributed by atoms with Crippen molar-refractivity contribution in [1.29, 1.82) is 0 Å². The molecule has 2 aromatic heterocycles. The van der Waals surface area contributed by atoms with E-state index in [4.69, 9.17) is 4.52 Å². The molecule has 0 fully saturated rings. The molecule has 1 aliphatic rings. The van der Waals surface area contributed by atoms with Gasteiger partial charge in [0.2, 0.25) is 0 Å². The maximum absolute atomic E-state index is 12.5. The van der Waals surface area contributed by atoms with Crippen LogP contribution in [0.25, 0.3) is 11.0 Å². The van der Waals surface area contributed by atoms with Gasteiger partial charge in [-0.15, -0.1) is 0 Å². The molecule has 3 aromatic rings. The van der Waals surface area contributed by atoms with Gasteiger partial charge in [0.05, 0.1) is 30.1 Å². The zero-order valence-electron chi connectivity index (χ0n) is 10.7. The number of aromatic amines is 1. The number of aromatic nitrogens is 3. The third-order valence-corrected chi connectivity index (χ3v) is 3.65. The zero-order valence-corrected chi connectivity index (χ0v) is 10.7. The van der Waals surface area contributed by atoms with Gasteiger partial charge >= 0.3 is 0 Å². The molecule has 0 atom stereocenters. The predicted octanol–water partition coefficient (Wildman–Crippen LogP) is 1.75. The number of rotatable bonds is 1. The topological polar surface area (TPSA) is 75.0 Å². The van der Waals surface area contributed by atoms with E-state index >= 15 is 0 Å². The summed E-state index contributed by atoms with van der Waals surface area (Å²) in [6.45, 7) is 1.21. The maximum Gasteiger partial charge on any atom is 0.254 e. The predicted molar refractivity (Wildman–Crippen MR) is 71.0 cm³/mol. The molecule has 0 unspecified atom stereocenters. The molecule has 4 rings (SSSR count). The number of carbonyl (C=O) groups excluding carboxylic acids is 1. The number of imidazole rings is 1. The highest BCUT2D eigenvalue weighted by Crippen LogP contribution is 2.21. The van der Waals surface area contributed by atoms with Gasteiger partial charge in [0.15, 0.2) is 0 Å². The van der Waals surface area contributed by atoms with Crippen LogP contribution < -0.4 is 0 Å². The molecule has 3 heterocycles. The van der Waals surface area contributed by atoms with E-state index in [1.54, 1.807) is 12.5 Å². The number of hydrogen-bond donors (Lipinski definition) is 1. The first-order valence-corrected chi connectivity index (χ1v) is 6.46. The lowest BCUT2D eigenvalue weighted by atomic mass is 10.1. The average molecular weight is 268 g/mol. The van der Waals surface area contributed by atoms with Gasteiger partial charge in [-0.2, -0.15) is 0 Å². The summed E-state index contributed by atoms with van der Waals surface area (Å²) in [4.78, 5) is 21.5. The van der Waals surface area contributed by atoms with E-state index in [2.05, 4.69) is 15.1 Å². The smallest absolute Gasteiger partial charge is 0.254 e. The average Bonchev–Trinajstić information content (AvgIpc) is 3.13. The minimum Gasteiger partial charge on any atom is -0.361 e. The molecule has 0 saturated heterocycles. The van der Waals surface area contributed by atoms with E-state index in [1.165, 1.54) is 0 Å². The lowest BCUT2D eigenvalue weighted by Gasteiger charge is -2.25. The van der Waals surface area contributed by atoms with Crippen molar-refractivity contribution < 1.29 is 9.32 Å². The van der Waals surface area contributed by atoms with Gasteiger partial charge in [0.25, 0.3) is 5.91 Å². The SMILES string of the molecule is O=C(c1ccc2nc[nH]c2c1)N1CCc2oncc2C1. The van der Waals surface area contributed by atoms with Crippen LogP contribution in [0.2, 0.25) is 0 Å². The highest BCUT2D eigenvalue weighted by molar-refractivity contribution is 5.97. The second kappa shape index (κ2) is 4.19. The van der Waals surface area contributed by atoms with E-state index in [1.807, 2.05) is 23.1 Å². The fraction of sp³-hybridized carbons (Fsp3) is 0.214. The first-order valence-electron chi connectivity index (χ1n) is 6.46. The quantitative estimate of drug-likeness (QED) is 0.729. The van der Waals surface area contributed by atoms with Crippen molar-refractivity contribution in [3.8, 4) is 0 Å². The molecule has 1 amide bonds. The Morgan fingerprint density at radius 1 is 1.40 bits per heavy atom. The molecule has 1 aliphatic heterocycles. The van der Waals surface area contributed by atoms with Crippen molar-refractivity contribution in [3.05, 3.63) is 47.6 Å². The summed E-state index contributed by atoms with van der Waals surface area (Å²) in [6.07, 6.45) is 4.03. The van der Waals surface area contributed by atoms with Gasteiger partial charge in [-0.25, -0.2) is 4.98 Å². The molecule has 0 radical (unpaired) electrons. The second-order valence-electron chi connectivity index (χ2n) is 4.89. The van der Waals surface area contributed by atoms with Gasteiger partial charge in [-0.1, -0.05) is 5.16 Å². The van der Waals surface area contributed by atoms with E-state index in [9.17, 15) is 4.79 Å². The van der Waals surface area contributed by atoms with Crippen molar-refractivity contribution >= 4 is 16.9 Å². The second-order valence-corrected chi connectivity index (χ2v) is 4.89. The number of H-pyrrole nitrogens is 1. The zero-order chi connectivity index (χ0) is 13.5. The third-order valence-electron chi connectivity index (χ3n) is 3.65. The van der Waals surface area contributed by atoms with E-state index in [0.29, 0.717) is 25.1 Å². The van der Waals surface area contributed by atoms with E-state index < -0.39 is 0 Å². The summed E-state index contributed by atoms with van der Waals surface area (Å²) >= 11 is 0. The lowest BCUT2D eigenvalue weighted by molar-refractivity contribution is 0.0729. The number of amides is 1. The minimum atomic E-state index is 0.0216. The summed E-state index contributed by atoms with van der Waals surface area (Å²) in [5, 5.41) is 3.78. The van der Waals surface area contributed by atoms with Crippen LogP contribution in [0.15, 0.2) is 35.2 Å². The first-order chi connectivity index (χ1) is 9.81. The molecule has 1 N–H and O–H groups in total. The molecule has 0 aliphatic carbocycles. The van der Waals surface area contributed by atoms with Crippen molar-refractivity contribution in [2.45, 2.75) is 13.0 Å². The van der Waals surface area contributed by atoms with Gasteiger partial charge in [-0.3, -0.25) is 4.79 Å². The lowest BCUT2D eigenvalue weighted by Crippen LogP contribution is -2.35. The van der Waals surface area contributed by atoms with Crippen LogP contribution in [-0.2, 0) is 13.0 Å². The maximum atomic E-state index is 12.5. The molecule has 0 bridgehead atoms. The Bertz CT molecular complexity index is 789. The van der Waals surface area contributed by atoms with Crippen LogP contribution in [0.4, 0.5) is 0 Å². The summed E-state index contributed by atoms with van der Waals surface area (Å²) in [5.41, 5.74) is 3.40. The largest absolute Gasteiger partial charge is 0.361 e. The Hall–Kier alpha value is -2.63. The van der Waals surface area contributed by atoms with Gasteiger partial charge in [0, 0.05) is 24.1 Å². The molecule has 6 nitrogen and oxygen atoms in total. The molecular formula is C14H12N4O2. The van der Waals surface area contributed by atoms with Gasteiger partial charge in [0.1, 0.15) is 5.76 Å². The molecule has 100 valence electrons. The summed E-state index contributed by atoms with van der Waals surface area (Å²) in [5.74, 6) is 0.909. The Kier molecular flexibility index (Phi) is 2.35. The van der Waals surface area contributed by atoms with Crippen LogP contribution in [0, 0.1) is 0 Å². The number of nitrogens with one attached hydrogen (secondary N) is 1. The Balaban J connectivity index is 1.64. The van der Waals surface area contributed by atoms with Crippen LogP contribution in [-0.4, -0.2) is 32.5 Å². The standard InChI is InChI=1S/C14H12N4O2/c19-14(9-1-2-11-12(5-9)16-8-15-11)18-4-3-13-10(7-18)6-17-20-13/h1-2,5-6,8H,3-4,7H2,(H,15,16). The molecule has 6 heteroatoms. The van der Waals surface area contributed by atoms with Crippen LogP contribution in [0.5, 0.6) is 0 Å². The number of carbonyl (C=O) groups is 1. The van der Waals surface area contributed by atoms with Gasteiger partial charge < -0.3 is 14.4 Å². The Labute approximate surface area is 114 Å². The Morgan fingerprint density at radius 2 is 2.35 bits per heavy atom. The number of benzene rings is 1. The summed E-state index contributed by atoms with van der Waals surface area (Å²) < 4.78 is 5.14. The summed E-state index contributed by atoms with van der Waals surface area (Å²) in [7, 11) is 0. The molecule has 0 saturated carbocycles. The third kappa shape index (κ3) is 1.69. The van der Waals surface area contributed by atoms with Gasteiger partial charge in [-0.05, 0) is 18.2 Å². The molecule has 1 aromatic carbocycles. The van der Waals surface area contributed by atoms with Crippen molar-refractivity contribution in [2.24, 2.45) is 0 Å². The van der Waals surface area contributed by atoms with Crippen LogP contribution in [0.1, 0.15) is 21.7 Å². The Morgan fingerprint density at radius 3 is 3.30 bits per heavy atom. The normalized spacial score (nSPS) is 14.5. The monoisotopic (exact) mass is 268 g/mol. The van der Waals surface area contributed by atoms with Crippen molar-refractivity contribution in [2.75, 3.05) is 6.54 Å². The molecular weight excluding hydrogens is 256 g/mol. The fourth-order valence-electron chi connectivity index (χ4n) is 2.57. The number of hydrogen-bond acceptors (Lipinski definition) is 4. The minimum absolute atomic E-state index is 0.0216. The fourth-order valence-corrected chi connectivity index (χ4v) is 2.57. The number of nitrogens with zero attached hydrogens (tertiary/aromatic N) is 3. The van der Waals surface area contributed by atoms with E-state index in [0.717, 1.165) is 22.4 Å². The molecule has 0 spiro atoms. The van der Waals surface area contributed by atoms with Crippen molar-refractivity contribution in [3.63, 3.8) is 0 Å². The van der Waals surface area contributed by atoms with E-state index in [-0.39, 0.29) is 5.91 Å². The summed E-state index contributed by atoms with van der Waals surface area (Å²) in [6, 6.07) is 5.51. The highest BCUT2D eigenvalue weighted by Gasteiger charge is 2.24. The molecule has 20 heavy (non-hydrogen) atoms. The van der Waals surface area contributed by atoms with Crippen LogP contribution in [0.3, 0.4) is 0 Å². The first kappa shape index (κ1) is 11.2. The highest BCUT2D eigenvalue weighted by atomic mass is 16.5. The number of fused-ring (bicyclic) bond motifs is 2.